The fourth-order valence-electron chi connectivity index (χ4n) is 2.32. The van der Waals surface area contributed by atoms with Crippen LogP contribution in [0, 0.1) is 6.92 Å². The topological polar surface area (TPSA) is 38.3 Å². The smallest absolute Gasteiger partial charge is 0.253 e. The van der Waals surface area contributed by atoms with Crippen LogP contribution < -0.4 is 10.1 Å². The SMILES string of the molecule is Cc1c(OCc2ccccc2)ccc(Br)c1C(=O)NC1CC1. The molecule has 0 radical (unpaired) electrons. The van der Waals surface area contributed by atoms with Crippen LogP contribution in [0.15, 0.2) is 46.9 Å². The molecular formula is C18H18BrNO2. The van der Waals surface area contributed by atoms with Crippen LogP contribution in [0.5, 0.6) is 5.75 Å². The van der Waals surface area contributed by atoms with Crippen molar-refractivity contribution in [2.24, 2.45) is 0 Å². The molecule has 0 aliphatic heterocycles. The van der Waals surface area contributed by atoms with E-state index in [1.165, 1.54) is 0 Å². The lowest BCUT2D eigenvalue weighted by molar-refractivity contribution is 0.0949. The van der Waals surface area contributed by atoms with E-state index in [4.69, 9.17) is 4.74 Å². The third kappa shape index (κ3) is 3.50. The largest absolute Gasteiger partial charge is 0.489 e. The Bertz CT molecular complexity index is 681. The second-order valence-electron chi connectivity index (χ2n) is 5.57. The predicted octanol–water partition coefficient (Wildman–Crippen LogP) is 4.23. The number of halogens is 1. The number of rotatable bonds is 5. The Hall–Kier alpha value is -1.81. The molecule has 1 saturated carbocycles. The normalized spacial score (nSPS) is 13.7. The average molecular weight is 360 g/mol. The summed E-state index contributed by atoms with van der Waals surface area (Å²) in [6, 6.07) is 14.1. The molecule has 2 aromatic rings. The molecule has 0 bridgehead atoms. The molecule has 4 heteroatoms. The predicted molar refractivity (Wildman–Crippen MR) is 90.1 cm³/mol. The van der Waals surface area contributed by atoms with Gasteiger partial charge in [0.2, 0.25) is 0 Å². The van der Waals surface area contributed by atoms with Crippen molar-refractivity contribution in [3.8, 4) is 5.75 Å². The zero-order chi connectivity index (χ0) is 15.5. The Kier molecular flexibility index (Phi) is 4.48. The molecule has 0 unspecified atom stereocenters. The summed E-state index contributed by atoms with van der Waals surface area (Å²) in [5.41, 5.74) is 2.63. The molecule has 1 fully saturated rings. The number of amides is 1. The van der Waals surface area contributed by atoms with E-state index in [2.05, 4.69) is 21.2 Å². The summed E-state index contributed by atoms with van der Waals surface area (Å²) in [5, 5.41) is 3.03. The van der Waals surface area contributed by atoms with E-state index in [0.29, 0.717) is 18.2 Å². The first-order valence-electron chi connectivity index (χ1n) is 7.42. The number of nitrogens with one attached hydrogen (secondary N) is 1. The van der Waals surface area contributed by atoms with Crippen LogP contribution in [-0.2, 0) is 6.61 Å². The molecule has 1 N–H and O–H groups in total. The minimum atomic E-state index is -0.0305. The van der Waals surface area contributed by atoms with Crippen LogP contribution in [0.2, 0.25) is 0 Å². The van der Waals surface area contributed by atoms with Gasteiger partial charge in [-0.3, -0.25) is 4.79 Å². The van der Waals surface area contributed by atoms with Gasteiger partial charge in [0.1, 0.15) is 12.4 Å². The monoisotopic (exact) mass is 359 g/mol. The van der Waals surface area contributed by atoms with Crippen LogP contribution in [0.1, 0.15) is 34.3 Å². The van der Waals surface area contributed by atoms with Crippen LogP contribution in [0.3, 0.4) is 0 Å². The lowest BCUT2D eigenvalue weighted by Crippen LogP contribution is -2.26. The molecule has 114 valence electrons. The second-order valence-corrected chi connectivity index (χ2v) is 6.42. The minimum Gasteiger partial charge on any atom is -0.489 e. The van der Waals surface area contributed by atoms with E-state index in [1.54, 1.807) is 0 Å². The molecule has 3 rings (SSSR count). The fraction of sp³-hybridized carbons (Fsp3) is 0.278. The van der Waals surface area contributed by atoms with Crippen LogP contribution >= 0.6 is 15.9 Å². The van der Waals surface area contributed by atoms with E-state index in [1.807, 2.05) is 49.4 Å². The second kappa shape index (κ2) is 6.53. The van der Waals surface area contributed by atoms with Gasteiger partial charge in [-0.25, -0.2) is 0 Å². The third-order valence-electron chi connectivity index (χ3n) is 3.74. The first-order valence-corrected chi connectivity index (χ1v) is 8.21. The van der Waals surface area contributed by atoms with Crippen molar-refractivity contribution in [3.63, 3.8) is 0 Å². The summed E-state index contributed by atoms with van der Waals surface area (Å²) in [7, 11) is 0. The highest BCUT2D eigenvalue weighted by atomic mass is 79.9. The van der Waals surface area contributed by atoms with E-state index in [0.717, 1.165) is 34.2 Å². The van der Waals surface area contributed by atoms with Gasteiger partial charge in [-0.2, -0.15) is 0 Å². The summed E-state index contributed by atoms with van der Waals surface area (Å²) in [6.07, 6.45) is 2.15. The van der Waals surface area contributed by atoms with Crippen molar-refractivity contribution >= 4 is 21.8 Å². The van der Waals surface area contributed by atoms with Crippen molar-refractivity contribution in [1.82, 2.24) is 5.32 Å². The lowest BCUT2D eigenvalue weighted by atomic mass is 10.1. The number of ether oxygens (including phenoxy) is 1. The fourth-order valence-corrected chi connectivity index (χ4v) is 2.92. The molecule has 0 atom stereocenters. The first-order chi connectivity index (χ1) is 10.6. The molecule has 3 nitrogen and oxygen atoms in total. The first kappa shape index (κ1) is 15.1. The summed E-state index contributed by atoms with van der Waals surface area (Å²) < 4.78 is 6.69. The van der Waals surface area contributed by atoms with Crippen LogP contribution in [0.25, 0.3) is 0 Å². The quantitative estimate of drug-likeness (QED) is 0.867. The summed E-state index contributed by atoms with van der Waals surface area (Å²) >= 11 is 3.47. The van der Waals surface area contributed by atoms with Gasteiger partial charge in [0, 0.05) is 16.1 Å². The molecule has 1 aliphatic rings. The number of carbonyl (C=O) groups is 1. The summed E-state index contributed by atoms with van der Waals surface area (Å²) in [5.74, 6) is 0.713. The highest BCUT2D eigenvalue weighted by molar-refractivity contribution is 9.10. The van der Waals surface area contributed by atoms with E-state index >= 15 is 0 Å². The molecular weight excluding hydrogens is 342 g/mol. The minimum absolute atomic E-state index is 0.0305. The molecule has 2 aromatic carbocycles. The Morgan fingerprint density at radius 2 is 1.95 bits per heavy atom. The number of hydrogen-bond donors (Lipinski definition) is 1. The van der Waals surface area contributed by atoms with Gasteiger partial charge in [0.05, 0.1) is 5.56 Å². The molecule has 0 heterocycles. The zero-order valence-electron chi connectivity index (χ0n) is 12.4. The number of benzene rings is 2. The number of hydrogen-bond acceptors (Lipinski definition) is 2. The maximum absolute atomic E-state index is 12.4. The summed E-state index contributed by atoms with van der Waals surface area (Å²) in [6.45, 7) is 2.42. The van der Waals surface area contributed by atoms with Gasteiger partial charge in [-0.1, -0.05) is 30.3 Å². The van der Waals surface area contributed by atoms with Crippen molar-refractivity contribution in [2.45, 2.75) is 32.4 Å². The summed E-state index contributed by atoms with van der Waals surface area (Å²) in [4.78, 5) is 12.4. The standard InChI is InChI=1S/C18H18BrNO2/c1-12-16(22-11-13-5-3-2-4-6-13)10-9-15(19)17(12)18(21)20-14-7-8-14/h2-6,9-10,14H,7-8,11H2,1H3,(H,20,21). The van der Waals surface area contributed by atoms with Gasteiger partial charge in [0.15, 0.2) is 0 Å². The Morgan fingerprint density at radius 3 is 2.64 bits per heavy atom. The molecule has 0 aromatic heterocycles. The van der Waals surface area contributed by atoms with Crippen LogP contribution in [0.4, 0.5) is 0 Å². The van der Waals surface area contributed by atoms with Gasteiger partial charge in [0.25, 0.3) is 5.91 Å². The maximum Gasteiger partial charge on any atom is 0.253 e. The van der Waals surface area contributed by atoms with Gasteiger partial charge < -0.3 is 10.1 Å². The zero-order valence-corrected chi connectivity index (χ0v) is 14.0. The average Bonchev–Trinajstić information content (AvgIpc) is 3.31. The Labute approximate surface area is 138 Å². The maximum atomic E-state index is 12.4. The molecule has 1 aliphatic carbocycles. The van der Waals surface area contributed by atoms with Crippen molar-refractivity contribution in [1.29, 1.82) is 0 Å². The van der Waals surface area contributed by atoms with Crippen molar-refractivity contribution < 1.29 is 9.53 Å². The number of carbonyl (C=O) groups excluding carboxylic acids is 1. The Balaban J connectivity index is 1.78. The van der Waals surface area contributed by atoms with Gasteiger partial charge >= 0.3 is 0 Å². The van der Waals surface area contributed by atoms with Crippen LogP contribution in [-0.4, -0.2) is 11.9 Å². The van der Waals surface area contributed by atoms with Crippen molar-refractivity contribution in [3.05, 3.63) is 63.6 Å². The third-order valence-corrected chi connectivity index (χ3v) is 4.40. The lowest BCUT2D eigenvalue weighted by Gasteiger charge is -2.14. The van der Waals surface area contributed by atoms with Gasteiger partial charge in [-0.15, -0.1) is 0 Å². The van der Waals surface area contributed by atoms with E-state index < -0.39 is 0 Å². The van der Waals surface area contributed by atoms with E-state index in [-0.39, 0.29) is 5.91 Å². The van der Waals surface area contributed by atoms with Crippen molar-refractivity contribution in [2.75, 3.05) is 0 Å². The molecule has 0 spiro atoms. The van der Waals surface area contributed by atoms with E-state index in [9.17, 15) is 4.79 Å². The highest BCUT2D eigenvalue weighted by Gasteiger charge is 2.26. The van der Waals surface area contributed by atoms with Gasteiger partial charge in [-0.05, 0) is 53.4 Å². The highest BCUT2D eigenvalue weighted by Crippen LogP contribution is 2.30. The molecule has 22 heavy (non-hydrogen) atoms. The Morgan fingerprint density at radius 1 is 1.23 bits per heavy atom. The molecule has 1 amide bonds. The molecule has 0 saturated heterocycles.